The molecule has 0 fully saturated rings. The van der Waals surface area contributed by atoms with E-state index in [1.54, 1.807) is 31.2 Å². The maximum Gasteiger partial charge on any atom is 0.262 e. The smallest absolute Gasteiger partial charge is 0.262 e. The number of sulfonamides is 1. The molecule has 3 N–H and O–H groups in total. The highest BCUT2D eigenvalue weighted by molar-refractivity contribution is 9.10. The fourth-order valence-electron chi connectivity index (χ4n) is 1.85. The Morgan fingerprint density at radius 3 is 2.52 bits per heavy atom. The van der Waals surface area contributed by atoms with Gasteiger partial charge in [0.15, 0.2) is 0 Å². The molecule has 0 spiro atoms. The second-order valence-corrected chi connectivity index (χ2v) is 6.99. The molecule has 0 bridgehead atoms. The molecule has 0 aromatic heterocycles. The SMILES string of the molecule is Cc1ccc(Br)cc1S(=O)(=O)Nc1ccccc1C(N)=O. The number of nitrogens with one attached hydrogen (secondary N) is 1. The highest BCUT2D eigenvalue weighted by atomic mass is 79.9. The Morgan fingerprint density at radius 1 is 1.19 bits per heavy atom. The van der Waals surface area contributed by atoms with E-state index in [1.165, 1.54) is 18.2 Å². The van der Waals surface area contributed by atoms with Gasteiger partial charge < -0.3 is 5.73 Å². The van der Waals surface area contributed by atoms with E-state index in [0.29, 0.717) is 10.0 Å². The predicted molar refractivity (Wildman–Crippen MR) is 84.6 cm³/mol. The number of hydrogen-bond donors (Lipinski definition) is 2. The summed E-state index contributed by atoms with van der Waals surface area (Å²) in [5, 5.41) is 0. The van der Waals surface area contributed by atoms with Gasteiger partial charge in [-0.05, 0) is 36.8 Å². The predicted octanol–water partition coefficient (Wildman–Crippen LogP) is 2.66. The van der Waals surface area contributed by atoms with Gasteiger partial charge in [0, 0.05) is 4.47 Å². The van der Waals surface area contributed by atoms with Crippen LogP contribution in [0.25, 0.3) is 0 Å². The van der Waals surface area contributed by atoms with Crippen LogP contribution in [0.3, 0.4) is 0 Å². The van der Waals surface area contributed by atoms with Crippen molar-refractivity contribution in [2.45, 2.75) is 11.8 Å². The number of hydrogen-bond acceptors (Lipinski definition) is 3. The molecule has 2 rings (SSSR count). The van der Waals surface area contributed by atoms with Crippen molar-refractivity contribution < 1.29 is 13.2 Å². The summed E-state index contributed by atoms with van der Waals surface area (Å²) in [6.45, 7) is 1.70. The number of para-hydroxylation sites is 1. The number of amides is 1. The molecule has 0 atom stereocenters. The molecule has 0 aliphatic heterocycles. The molecule has 1 amide bonds. The van der Waals surface area contributed by atoms with Gasteiger partial charge in [0.05, 0.1) is 16.1 Å². The number of benzene rings is 2. The largest absolute Gasteiger partial charge is 0.366 e. The van der Waals surface area contributed by atoms with Gasteiger partial charge in [-0.25, -0.2) is 8.42 Å². The van der Waals surface area contributed by atoms with E-state index in [1.807, 2.05) is 0 Å². The summed E-state index contributed by atoms with van der Waals surface area (Å²) in [7, 11) is -3.81. The number of primary amides is 1. The van der Waals surface area contributed by atoms with E-state index in [0.717, 1.165) is 0 Å². The third kappa shape index (κ3) is 3.43. The first-order valence-corrected chi connectivity index (χ1v) is 8.26. The Kier molecular flexibility index (Phi) is 4.34. The molecule has 2 aromatic carbocycles. The van der Waals surface area contributed by atoms with Crippen LogP contribution in [-0.2, 0) is 10.0 Å². The first-order chi connectivity index (χ1) is 9.81. The van der Waals surface area contributed by atoms with Gasteiger partial charge in [-0.15, -0.1) is 0 Å². The van der Waals surface area contributed by atoms with Crippen LogP contribution in [0, 0.1) is 6.92 Å². The summed E-state index contributed by atoms with van der Waals surface area (Å²) in [6, 6.07) is 11.1. The first kappa shape index (κ1) is 15.5. The molecular weight excluding hydrogens is 356 g/mol. The summed E-state index contributed by atoms with van der Waals surface area (Å²) in [4.78, 5) is 11.5. The molecule has 0 heterocycles. The second kappa shape index (κ2) is 5.87. The van der Waals surface area contributed by atoms with Gasteiger partial charge in [0.25, 0.3) is 15.9 Å². The molecule has 0 aliphatic carbocycles. The molecule has 7 heteroatoms. The van der Waals surface area contributed by atoms with Crippen LogP contribution in [0.4, 0.5) is 5.69 Å². The van der Waals surface area contributed by atoms with Gasteiger partial charge in [0.2, 0.25) is 0 Å². The highest BCUT2D eigenvalue weighted by Crippen LogP contribution is 2.24. The summed E-state index contributed by atoms with van der Waals surface area (Å²) in [6.07, 6.45) is 0. The lowest BCUT2D eigenvalue weighted by atomic mass is 10.2. The van der Waals surface area contributed by atoms with Crippen LogP contribution in [0.2, 0.25) is 0 Å². The zero-order valence-corrected chi connectivity index (χ0v) is 13.5. The minimum absolute atomic E-state index is 0.119. The quantitative estimate of drug-likeness (QED) is 0.868. The van der Waals surface area contributed by atoms with Crippen LogP contribution in [0.5, 0.6) is 0 Å². The van der Waals surface area contributed by atoms with E-state index in [9.17, 15) is 13.2 Å². The lowest BCUT2D eigenvalue weighted by Gasteiger charge is -2.12. The van der Waals surface area contributed by atoms with Crippen molar-refractivity contribution in [2.24, 2.45) is 5.73 Å². The minimum atomic E-state index is -3.81. The van der Waals surface area contributed by atoms with Crippen molar-refractivity contribution in [1.82, 2.24) is 0 Å². The third-order valence-electron chi connectivity index (χ3n) is 2.88. The number of carbonyl (C=O) groups is 1. The van der Waals surface area contributed by atoms with Crippen LogP contribution >= 0.6 is 15.9 Å². The Hall–Kier alpha value is -1.86. The van der Waals surface area contributed by atoms with E-state index < -0.39 is 15.9 Å². The Morgan fingerprint density at radius 2 is 1.86 bits per heavy atom. The molecule has 0 aliphatic rings. The van der Waals surface area contributed by atoms with Crippen LogP contribution in [-0.4, -0.2) is 14.3 Å². The van der Waals surface area contributed by atoms with E-state index in [2.05, 4.69) is 20.7 Å². The number of aryl methyl sites for hydroxylation is 1. The zero-order valence-electron chi connectivity index (χ0n) is 11.1. The summed E-state index contributed by atoms with van der Waals surface area (Å²) in [5.41, 5.74) is 6.12. The number of rotatable bonds is 4. The zero-order chi connectivity index (χ0) is 15.6. The van der Waals surface area contributed by atoms with Gasteiger partial charge in [-0.3, -0.25) is 9.52 Å². The molecule has 0 saturated carbocycles. The Bertz CT molecular complexity index is 804. The highest BCUT2D eigenvalue weighted by Gasteiger charge is 2.19. The van der Waals surface area contributed by atoms with Gasteiger partial charge in [-0.1, -0.05) is 34.1 Å². The molecule has 5 nitrogen and oxygen atoms in total. The molecular formula is C14H13BrN2O3S. The van der Waals surface area contributed by atoms with E-state index in [-0.39, 0.29) is 16.1 Å². The number of carbonyl (C=O) groups excluding carboxylic acids is 1. The summed E-state index contributed by atoms with van der Waals surface area (Å²) >= 11 is 3.25. The summed E-state index contributed by atoms with van der Waals surface area (Å²) in [5.74, 6) is -0.695. The second-order valence-electron chi connectivity index (χ2n) is 4.43. The number of nitrogens with two attached hydrogens (primary N) is 1. The van der Waals surface area contributed by atoms with Crippen molar-refractivity contribution in [3.8, 4) is 0 Å². The molecule has 21 heavy (non-hydrogen) atoms. The van der Waals surface area contributed by atoms with Crippen molar-refractivity contribution in [3.63, 3.8) is 0 Å². The average molecular weight is 369 g/mol. The molecule has 2 aromatic rings. The standard InChI is InChI=1S/C14H13BrN2O3S/c1-9-6-7-10(15)8-13(9)21(19,20)17-12-5-3-2-4-11(12)14(16)18/h2-8,17H,1H3,(H2,16,18). The van der Waals surface area contributed by atoms with Crippen LogP contribution in [0.15, 0.2) is 51.8 Å². The van der Waals surface area contributed by atoms with Crippen LogP contribution in [0.1, 0.15) is 15.9 Å². The topological polar surface area (TPSA) is 89.3 Å². The van der Waals surface area contributed by atoms with Crippen molar-refractivity contribution >= 4 is 37.5 Å². The molecule has 0 unspecified atom stereocenters. The summed E-state index contributed by atoms with van der Waals surface area (Å²) < 4.78 is 28.0. The molecule has 0 radical (unpaired) electrons. The van der Waals surface area contributed by atoms with Crippen molar-refractivity contribution in [1.29, 1.82) is 0 Å². The molecule has 110 valence electrons. The van der Waals surface area contributed by atoms with Gasteiger partial charge >= 0.3 is 0 Å². The van der Waals surface area contributed by atoms with Gasteiger partial charge in [0.1, 0.15) is 0 Å². The van der Waals surface area contributed by atoms with Crippen molar-refractivity contribution in [3.05, 3.63) is 58.1 Å². The number of halogens is 1. The lowest BCUT2D eigenvalue weighted by Crippen LogP contribution is -2.19. The fourth-order valence-corrected chi connectivity index (χ4v) is 3.71. The monoisotopic (exact) mass is 368 g/mol. The van der Waals surface area contributed by atoms with E-state index >= 15 is 0 Å². The fraction of sp³-hybridized carbons (Fsp3) is 0.0714. The maximum absolute atomic E-state index is 12.5. The Labute approximate surface area is 131 Å². The van der Waals surface area contributed by atoms with Crippen molar-refractivity contribution in [2.75, 3.05) is 4.72 Å². The third-order valence-corrected chi connectivity index (χ3v) is 4.88. The first-order valence-electron chi connectivity index (χ1n) is 5.99. The van der Waals surface area contributed by atoms with Crippen LogP contribution < -0.4 is 10.5 Å². The normalized spacial score (nSPS) is 11.1. The minimum Gasteiger partial charge on any atom is -0.366 e. The van der Waals surface area contributed by atoms with Gasteiger partial charge in [-0.2, -0.15) is 0 Å². The van der Waals surface area contributed by atoms with E-state index in [4.69, 9.17) is 5.73 Å². The molecule has 0 saturated heterocycles. The maximum atomic E-state index is 12.5. The average Bonchev–Trinajstić information content (AvgIpc) is 2.41. The lowest BCUT2D eigenvalue weighted by molar-refractivity contribution is 0.100. The number of anilines is 1. The Balaban J connectivity index is 2.48.